The van der Waals surface area contributed by atoms with E-state index in [0.29, 0.717) is 10.8 Å². The van der Waals surface area contributed by atoms with Crippen molar-refractivity contribution < 1.29 is 4.74 Å². The molecule has 0 aromatic heterocycles. The summed E-state index contributed by atoms with van der Waals surface area (Å²) < 4.78 is 5.62. The van der Waals surface area contributed by atoms with Crippen molar-refractivity contribution in [3.8, 4) is 5.75 Å². The lowest BCUT2D eigenvalue weighted by molar-refractivity contribution is 0.217. The minimum absolute atomic E-state index is 0.163. The van der Waals surface area contributed by atoms with Gasteiger partial charge in [-0.2, -0.15) is 5.10 Å². The Labute approximate surface area is 94.9 Å². The number of hydrazone groups is 1. The molecule has 0 aliphatic carbocycles. The van der Waals surface area contributed by atoms with Gasteiger partial charge in [0.15, 0.2) is 0 Å². The van der Waals surface area contributed by atoms with Crippen LogP contribution in [0.25, 0.3) is 0 Å². The lowest BCUT2D eigenvalue weighted by Crippen LogP contribution is -2.09. The maximum absolute atomic E-state index is 6.04. The van der Waals surface area contributed by atoms with Crippen LogP contribution in [0.3, 0.4) is 0 Å². The van der Waals surface area contributed by atoms with Gasteiger partial charge in [-0.05, 0) is 37.1 Å². The van der Waals surface area contributed by atoms with Crippen LogP contribution in [-0.4, -0.2) is 12.3 Å². The highest BCUT2D eigenvalue weighted by Gasteiger charge is 2.05. The number of ether oxygens (including phenoxy) is 1. The third-order valence-electron chi connectivity index (χ3n) is 2.08. The second kappa shape index (κ2) is 5.61. The van der Waals surface area contributed by atoms with Crippen LogP contribution >= 0.6 is 11.6 Å². The molecule has 0 bridgehead atoms. The zero-order chi connectivity index (χ0) is 11.3. The van der Waals surface area contributed by atoms with Gasteiger partial charge < -0.3 is 10.6 Å². The monoisotopic (exact) mass is 226 g/mol. The summed E-state index contributed by atoms with van der Waals surface area (Å²) in [7, 11) is 0. The Kier molecular flexibility index (Phi) is 4.43. The molecule has 15 heavy (non-hydrogen) atoms. The SMILES string of the molecule is CCC(C)Oc1ccc(C=NN)cc1Cl. The van der Waals surface area contributed by atoms with Crippen molar-refractivity contribution in [1.82, 2.24) is 0 Å². The Morgan fingerprint density at radius 2 is 2.33 bits per heavy atom. The second-order valence-electron chi connectivity index (χ2n) is 3.30. The molecule has 3 nitrogen and oxygen atoms in total. The first kappa shape index (κ1) is 11.9. The van der Waals surface area contributed by atoms with Crippen LogP contribution in [0.1, 0.15) is 25.8 Å². The van der Waals surface area contributed by atoms with E-state index in [4.69, 9.17) is 22.2 Å². The number of nitrogens with zero attached hydrogens (tertiary/aromatic N) is 1. The van der Waals surface area contributed by atoms with Crippen molar-refractivity contribution >= 4 is 17.8 Å². The molecule has 0 amide bonds. The molecule has 0 saturated carbocycles. The Bertz CT molecular complexity index is 352. The first-order valence-corrected chi connectivity index (χ1v) is 5.24. The van der Waals surface area contributed by atoms with Crippen LogP contribution in [0.15, 0.2) is 23.3 Å². The van der Waals surface area contributed by atoms with E-state index in [2.05, 4.69) is 12.0 Å². The molecule has 0 aliphatic heterocycles. The van der Waals surface area contributed by atoms with E-state index < -0.39 is 0 Å². The summed E-state index contributed by atoms with van der Waals surface area (Å²) in [6.45, 7) is 4.07. The summed E-state index contributed by atoms with van der Waals surface area (Å²) >= 11 is 6.04. The summed E-state index contributed by atoms with van der Waals surface area (Å²) in [6, 6.07) is 5.46. The van der Waals surface area contributed by atoms with Crippen molar-refractivity contribution in [2.24, 2.45) is 10.9 Å². The topological polar surface area (TPSA) is 47.6 Å². The summed E-state index contributed by atoms with van der Waals surface area (Å²) in [5, 5.41) is 4.01. The molecule has 1 aromatic rings. The minimum atomic E-state index is 0.163. The fourth-order valence-electron chi connectivity index (χ4n) is 1.08. The number of benzene rings is 1. The standard InChI is InChI=1S/C11H15ClN2O/c1-3-8(2)15-11-5-4-9(7-14-13)6-10(11)12/h4-8H,3,13H2,1-2H3. The normalized spacial score (nSPS) is 13.0. The molecule has 82 valence electrons. The van der Waals surface area contributed by atoms with E-state index in [1.54, 1.807) is 12.3 Å². The van der Waals surface area contributed by atoms with Crippen molar-refractivity contribution in [2.45, 2.75) is 26.4 Å². The molecule has 1 aromatic carbocycles. The van der Waals surface area contributed by atoms with Crippen molar-refractivity contribution in [1.29, 1.82) is 0 Å². The molecule has 0 radical (unpaired) electrons. The van der Waals surface area contributed by atoms with E-state index in [1.807, 2.05) is 19.1 Å². The first-order valence-electron chi connectivity index (χ1n) is 4.86. The van der Waals surface area contributed by atoms with Crippen LogP contribution in [0.2, 0.25) is 5.02 Å². The molecule has 0 fully saturated rings. The molecule has 1 atom stereocenters. The predicted octanol–water partition coefficient (Wildman–Crippen LogP) is 2.81. The highest BCUT2D eigenvalue weighted by molar-refractivity contribution is 6.32. The van der Waals surface area contributed by atoms with Gasteiger partial charge in [-0.15, -0.1) is 0 Å². The van der Waals surface area contributed by atoms with Gasteiger partial charge in [-0.25, -0.2) is 0 Å². The maximum Gasteiger partial charge on any atom is 0.138 e. The van der Waals surface area contributed by atoms with E-state index in [-0.39, 0.29) is 6.10 Å². The Morgan fingerprint density at radius 1 is 1.60 bits per heavy atom. The largest absolute Gasteiger partial charge is 0.489 e. The first-order chi connectivity index (χ1) is 7.17. The predicted molar refractivity (Wildman–Crippen MR) is 63.6 cm³/mol. The fourth-order valence-corrected chi connectivity index (χ4v) is 1.31. The van der Waals surface area contributed by atoms with Gasteiger partial charge in [0, 0.05) is 0 Å². The van der Waals surface area contributed by atoms with Gasteiger partial charge in [0.25, 0.3) is 0 Å². The van der Waals surface area contributed by atoms with Gasteiger partial charge in [0.1, 0.15) is 5.75 Å². The Balaban J connectivity index is 2.83. The molecule has 0 aliphatic rings. The molecule has 2 N–H and O–H groups in total. The summed E-state index contributed by atoms with van der Waals surface area (Å²) in [4.78, 5) is 0. The molecule has 0 heterocycles. The number of rotatable bonds is 4. The lowest BCUT2D eigenvalue weighted by Gasteiger charge is -2.13. The second-order valence-corrected chi connectivity index (χ2v) is 3.71. The fraction of sp³-hybridized carbons (Fsp3) is 0.364. The van der Waals surface area contributed by atoms with Crippen LogP contribution < -0.4 is 10.6 Å². The number of hydrogen-bond acceptors (Lipinski definition) is 3. The molecule has 1 unspecified atom stereocenters. The third-order valence-corrected chi connectivity index (χ3v) is 2.38. The van der Waals surface area contributed by atoms with E-state index in [0.717, 1.165) is 12.0 Å². The average Bonchev–Trinajstić information content (AvgIpc) is 2.22. The van der Waals surface area contributed by atoms with Crippen LogP contribution in [0, 0.1) is 0 Å². The molecular formula is C11H15ClN2O. The zero-order valence-corrected chi connectivity index (χ0v) is 9.66. The van der Waals surface area contributed by atoms with E-state index >= 15 is 0 Å². The Morgan fingerprint density at radius 3 is 2.87 bits per heavy atom. The Hall–Kier alpha value is -1.22. The highest BCUT2D eigenvalue weighted by Crippen LogP contribution is 2.26. The van der Waals surface area contributed by atoms with E-state index in [9.17, 15) is 0 Å². The third kappa shape index (κ3) is 3.44. The van der Waals surface area contributed by atoms with Crippen molar-refractivity contribution in [2.75, 3.05) is 0 Å². The van der Waals surface area contributed by atoms with Gasteiger partial charge >= 0.3 is 0 Å². The average molecular weight is 227 g/mol. The number of hydrogen-bond donors (Lipinski definition) is 1. The quantitative estimate of drug-likeness (QED) is 0.488. The van der Waals surface area contributed by atoms with Crippen LogP contribution in [-0.2, 0) is 0 Å². The summed E-state index contributed by atoms with van der Waals surface area (Å²) in [6.07, 6.45) is 2.65. The van der Waals surface area contributed by atoms with Crippen molar-refractivity contribution in [3.05, 3.63) is 28.8 Å². The smallest absolute Gasteiger partial charge is 0.138 e. The zero-order valence-electron chi connectivity index (χ0n) is 8.90. The summed E-state index contributed by atoms with van der Waals surface area (Å²) in [5.41, 5.74) is 0.860. The van der Waals surface area contributed by atoms with Gasteiger partial charge in [-0.1, -0.05) is 18.5 Å². The lowest BCUT2D eigenvalue weighted by atomic mass is 10.2. The van der Waals surface area contributed by atoms with Gasteiger partial charge in [-0.3, -0.25) is 0 Å². The molecule has 1 rings (SSSR count). The molecule has 0 saturated heterocycles. The molecular weight excluding hydrogens is 212 g/mol. The summed E-state index contributed by atoms with van der Waals surface area (Å²) in [5.74, 6) is 5.74. The van der Waals surface area contributed by atoms with Crippen molar-refractivity contribution in [3.63, 3.8) is 0 Å². The van der Waals surface area contributed by atoms with Gasteiger partial charge in [0.05, 0.1) is 17.3 Å². The highest BCUT2D eigenvalue weighted by atomic mass is 35.5. The molecule has 0 spiro atoms. The van der Waals surface area contributed by atoms with Crippen LogP contribution in [0.5, 0.6) is 5.75 Å². The number of nitrogens with two attached hydrogens (primary N) is 1. The molecule has 4 heteroatoms. The van der Waals surface area contributed by atoms with Gasteiger partial charge in [0.2, 0.25) is 0 Å². The van der Waals surface area contributed by atoms with E-state index in [1.165, 1.54) is 0 Å². The van der Waals surface area contributed by atoms with Crippen LogP contribution in [0.4, 0.5) is 0 Å². The minimum Gasteiger partial charge on any atom is -0.489 e. The number of halogens is 1. The maximum atomic E-state index is 6.04.